The number of hydrogen-bond donors (Lipinski definition) is 0. The lowest BCUT2D eigenvalue weighted by molar-refractivity contribution is 0.0741. The van der Waals surface area contributed by atoms with Gasteiger partial charge in [-0.2, -0.15) is 4.31 Å². The average molecular weight is 497 g/mol. The van der Waals surface area contributed by atoms with Crippen LogP contribution in [0.15, 0.2) is 35.4 Å². The summed E-state index contributed by atoms with van der Waals surface area (Å²) in [6.07, 6.45) is 3.74. The number of halogens is 2. The van der Waals surface area contributed by atoms with E-state index >= 15 is 0 Å². The van der Waals surface area contributed by atoms with Crippen molar-refractivity contribution < 1.29 is 22.3 Å². The Morgan fingerprint density at radius 2 is 1.76 bits per heavy atom. The van der Waals surface area contributed by atoms with Gasteiger partial charge in [0.15, 0.2) is 0 Å². The van der Waals surface area contributed by atoms with Gasteiger partial charge >= 0.3 is 0 Å². The van der Waals surface area contributed by atoms with Crippen molar-refractivity contribution in [3.8, 4) is 5.75 Å². The molecule has 0 aliphatic carbocycles. The summed E-state index contributed by atoms with van der Waals surface area (Å²) in [5.41, 5.74) is 0.680. The van der Waals surface area contributed by atoms with Gasteiger partial charge < -0.3 is 14.5 Å². The Balaban J connectivity index is 1.51. The van der Waals surface area contributed by atoms with Crippen LogP contribution in [0.1, 0.15) is 29.8 Å². The van der Waals surface area contributed by atoms with Crippen LogP contribution in [-0.2, 0) is 10.0 Å². The van der Waals surface area contributed by atoms with Crippen LogP contribution in [0.3, 0.4) is 0 Å². The van der Waals surface area contributed by atoms with E-state index in [1.54, 1.807) is 30.2 Å². The van der Waals surface area contributed by atoms with Crippen molar-refractivity contribution in [2.75, 3.05) is 51.3 Å². The van der Waals surface area contributed by atoms with E-state index in [0.29, 0.717) is 50.7 Å². The van der Waals surface area contributed by atoms with E-state index < -0.39 is 15.8 Å². The van der Waals surface area contributed by atoms with Crippen molar-refractivity contribution in [2.45, 2.75) is 24.2 Å². The van der Waals surface area contributed by atoms with Crippen LogP contribution >= 0.6 is 11.6 Å². The molecule has 0 atom stereocenters. The summed E-state index contributed by atoms with van der Waals surface area (Å²) < 4.78 is 46.6. The zero-order valence-electron chi connectivity index (χ0n) is 18.3. The number of piperazine rings is 1. The number of rotatable bonds is 5. The molecule has 0 radical (unpaired) electrons. The summed E-state index contributed by atoms with van der Waals surface area (Å²) in [5, 5.41) is -0.0280. The van der Waals surface area contributed by atoms with Crippen molar-refractivity contribution in [1.82, 2.24) is 14.2 Å². The minimum Gasteiger partial charge on any atom is -0.495 e. The maximum absolute atomic E-state index is 13.3. The van der Waals surface area contributed by atoms with E-state index in [1.807, 2.05) is 4.90 Å². The first-order valence-electron chi connectivity index (χ1n) is 10.8. The minimum atomic E-state index is -3.58. The van der Waals surface area contributed by atoms with Crippen LogP contribution in [0, 0.1) is 5.82 Å². The molecule has 4 rings (SSSR count). The number of pyridine rings is 1. The molecule has 1 aromatic heterocycles. The SMILES string of the molecule is COc1ccc(S(=O)(=O)N2CCCCC2)cc1N1CCN(C(=O)c2ncc(F)cc2Cl)CC1. The number of sulfonamides is 1. The number of aromatic nitrogens is 1. The van der Waals surface area contributed by atoms with Crippen molar-refractivity contribution in [1.29, 1.82) is 0 Å². The van der Waals surface area contributed by atoms with Gasteiger partial charge in [-0.15, -0.1) is 0 Å². The number of ether oxygens (including phenoxy) is 1. The maximum atomic E-state index is 13.3. The number of anilines is 1. The third kappa shape index (κ3) is 4.92. The average Bonchev–Trinajstić information content (AvgIpc) is 2.84. The molecule has 0 bridgehead atoms. The Morgan fingerprint density at radius 3 is 2.39 bits per heavy atom. The Labute approximate surface area is 197 Å². The standard InChI is InChI=1S/C22H26ClFN4O4S/c1-32-20-6-5-17(33(30,31)28-7-3-2-4-8-28)14-19(20)26-9-11-27(12-10-26)22(29)21-18(23)13-16(24)15-25-21/h5-6,13-15H,2-4,7-12H2,1H3. The van der Waals surface area contributed by atoms with Gasteiger partial charge in [-0.3, -0.25) is 4.79 Å². The number of carbonyl (C=O) groups is 1. The summed E-state index contributed by atoms with van der Waals surface area (Å²) in [7, 11) is -2.04. The second-order valence-corrected chi connectivity index (χ2v) is 10.4. The smallest absolute Gasteiger partial charge is 0.274 e. The van der Waals surface area contributed by atoms with Crippen LogP contribution in [0.5, 0.6) is 5.75 Å². The van der Waals surface area contributed by atoms with Gasteiger partial charge in [-0.05, 0) is 37.1 Å². The highest BCUT2D eigenvalue weighted by Gasteiger charge is 2.29. The number of carbonyl (C=O) groups excluding carboxylic acids is 1. The Bertz CT molecular complexity index is 1130. The molecular formula is C22H26ClFN4O4S. The molecule has 2 aliphatic rings. The fourth-order valence-corrected chi connectivity index (χ4v) is 5.98. The van der Waals surface area contributed by atoms with Crippen LogP contribution in [-0.4, -0.2) is 74.9 Å². The second kappa shape index (κ2) is 9.82. The largest absolute Gasteiger partial charge is 0.495 e. The van der Waals surface area contributed by atoms with Crippen molar-refractivity contribution in [3.05, 3.63) is 47.0 Å². The molecule has 2 saturated heterocycles. The number of methoxy groups -OCH3 is 1. The minimum absolute atomic E-state index is 0.0127. The predicted octanol–water partition coefficient (Wildman–Crippen LogP) is 3.02. The molecule has 0 spiro atoms. The highest BCUT2D eigenvalue weighted by Crippen LogP contribution is 2.33. The van der Waals surface area contributed by atoms with E-state index in [2.05, 4.69) is 4.98 Å². The van der Waals surface area contributed by atoms with Crippen molar-refractivity contribution in [2.24, 2.45) is 0 Å². The molecule has 11 heteroatoms. The summed E-state index contributed by atoms with van der Waals surface area (Å²) in [6.45, 7) is 2.75. The normalized spacial score (nSPS) is 17.8. The summed E-state index contributed by atoms with van der Waals surface area (Å²) in [4.78, 5) is 20.5. The van der Waals surface area contributed by atoms with E-state index in [4.69, 9.17) is 16.3 Å². The molecule has 2 aromatic rings. The van der Waals surface area contributed by atoms with Crippen molar-refractivity contribution in [3.63, 3.8) is 0 Å². The lowest BCUT2D eigenvalue weighted by Crippen LogP contribution is -2.49. The van der Waals surface area contributed by atoms with Crippen molar-refractivity contribution >= 4 is 33.2 Å². The third-order valence-corrected chi connectivity index (χ3v) is 8.20. The number of benzene rings is 1. The number of hydrogen-bond acceptors (Lipinski definition) is 6. The van der Waals surface area contributed by atoms with Gasteiger partial charge in [0.25, 0.3) is 5.91 Å². The molecule has 1 aromatic carbocycles. The van der Waals surface area contributed by atoms with Gasteiger partial charge in [-0.25, -0.2) is 17.8 Å². The van der Waals surface area contributed by atoms with Gasteiger partial charge in [-0.1, -0.05) is 18.0 Å². The molecule has 2 aliphatic heterocycles. The molecule has 0 saturated carbocycles. The van der Waals surface area contributed by atoms with Gasteiger partial charge in [0.2, 0.25) is 10.0 Å². The Hall–Kier alpha value is -2.43. The molecule has 8 nitrogen and oxygen atoms in total. The monoisotopic (exact) mass is 496 g/mol. The molecule has 2 fully saturated rings. The highest BCUT2D eigenvalue weighted by atomic mass is 35.5. The molecule has 1 amide bonds. The maximum Gasteiger partial charge on any atom is 0.274 e. The van der Waals surface area contributed by atoms with E-state index in [9.17, 15) is 17.6 Å². The summed E-state index contributed by atoms with van der Waals surface area (Å²) in [5.74, 6) is -0.406. The fourth-order valence-electron chi connectivity index (χ4n) is 4.20. The van der Waals surface area contributed by atoms with Gasteiger partial charge in [0.05, 0.1) is 28.9 Å². The van der Waals surface area contributed by atoms with Gasteiger partial charge in [0, 0.05) is 39.3 Å². The molecule has 178 valence electrons. The molecule has 33 heavy (non-hydrogen) atoms. The van der Waals surface area contributed by atoms with E-state index in [-0.39, 0.29) is 21.5 Å². The quantitative estimate of drug-likeness (QED) is 0.632. The first kappa shape index (κ1) is 23.7. The molecular weight excluding hydrogens is 471 g/mol. The zero-order chi connectivity index (χ0) is 23.6. The van der Waals surface area contributed by atoms with Crippen LogP contribution in [0.25, 0.3) is 0 Å². The summed E-state index contributed by atoms with van der Waals surface area (Å²) >= 11 is 5.99. The van der Waals surface area contributed by atoms with Crippen LogP contribution in [0.2, 0.25) is 5.02 Å². The highest BCUT2D eigenvalue weighted by molar-refractivity contribution is 7.89. The first-order valence-corrected chi connectivity index (χ1v) is 12.7. The lowest BCUT2D eigenvalue weighted by atomic mass is 10.2. The molecule has 0 unspecified atom stereocenters. The van der Waals surface area contributed by atoms with Crippen LogP contribution < -0.4 is 9.64 Å². The molecule has 0 N–H and O–H groups in total. The second-order valence-electron chi connectivity index (χ2n) is 8.06. The Kier molecular flexibility index (Phi) is 7.06. The van der Waals surface area contributed by atoms with E-state index in [0.717, 1.165) is 31.5 Å². The first-order chi connectivity index (χ1) is 15.8. The fraction of sp³-hybridized carbons (Fsp3) is 0.455. The predicted molar refractivity (Wildman–Crippen MR) is 123 cm³/mol. The van der Waals surface area contributed by atoms with Gasteiger partial charge in [0.1, 0.15) is 17.3 Å². The number of piperidine rings is 1. The summed E-state index contributed by atoms with van der Waals surface area (Å²) in [6, 6.07) is 5.97. The van der Waals surface area contributed by atoms with Crippen LogP contribution in [0.4, 0.5) is 10.1 Å². The Morgan fingerprint density at radius 1 is 1.06 bits per heavy atom. The third-order valence-electron chi connectivity index (χ3n) is 6.02. The zero-order valence-corrected chi connectivity index (χ0v) is 19.9. The topological polar surface area (TPSA) is 83.1 Å². The number of nitrogens with zero attached hydrogens (tertiary/aromatic N) is 4. The lowest BCUT2D eigenvalue weighted by Gasteiger charge is -2.37. The molecule has 3 heterocycles. The number of amides is 1. The van der Waals surface area contributed by atoms with E-state index in [1.165, 1.54) is 4.31 Å².